The molecule has 0 N–H and O–H groups in total. The first-order chi connectivity index (χ1) is 12.6. The van der Waals surface area contributed by atoms with Crippen molar-refractivity contribution in [1.29, 1.82) is 0 Å². The van der Waals surface area contributed by atoms with Crippen LogP contribution < -0.4 is 4.74 Å². The molecule has 1 aromatic carbocycles. The summed E-state index contributed by atoms with van der Waals surface area (Å²) in [5.74, 6) is 0.352. The fourth-order valence-corrected chi connectivity index (χ4v) is 4.42. The molecule has 0 amide bonds. The summed E-state index contributed by atoms with van der Waals surface area (Å²) in [6.07, 6.45) is 13.6. The third-order valence-electron chi connectivity index (χ3n) is 6.02. The molecule has 1 unspecified atom stereocenters. The van der Waals surface area contributed by atoms with Crippen LogP contribution in [0.4, 0.5) is 8.78 Å². The number of hydrogen-bond donors (Lipinski definition) is 0. The molecule has 0 bridgehead atoms. The second-order valence-electron chi connectivity index (χ2n) is 7.51. The van der Waals surface area contributed by atoms with Crippen molar-refractivity contribution in [2.45, 2.75) is 44.9 Å². The Bertz CT molecular complexity index is 684. The van der Waals surface area contributed by atoms with Gasteiger partial charge in [-0.3, -0.25) is 0 Å². The maximum absolute atomic E-state index is 14.5. The van der Waals surface area contributed by atoms with E-state index < -0.39 is 11.6 Å². The molecule has 26 heavy (non-hydrogen) atoms. The molecular weight excluding hydrogens is 330 g/mol. The van der Waals surface area contributed by atoms with Crippen molar-refractivity contribution in [1.82, 2.24) is 0 Å². The predicted molar refractivity (Wildman–Crippen MR) is 103 cm³/mol. The SMILES string of the molecule is C=CCOc1ccc(C2=CCC(C3CCC(C=C)CC3)CC2)c(F)c1F. The first kappa shape index (κ1) is 18.9. The maximum Gasteiger partial charge on any atom is 0.201 e. The van der Waals surface area contributed by atoms with Crippen molar-refractivity contribution >= 4 is 5.57 Å². The number of halogens is 2. The summed E-state index contributed by atoms with van der Waals surface area (Å²) >= 11 is 0. The monoisotopic (exact) mass is 358 g/mol. The van der Waals surface area contributed by atoms with E-state index in [1.54, 1.807) is 6.07 Å². The van der Waals surface area contributed by atoms with Gasteiger partial charge in [0.1, 0.15) is 6.61 Å². The summed E-state index contributed by atoms with van der Waals surface area (Å²) < 4.78 is 33.8. The third kappa shape index (κ3) is 4.08. The predicted octanol–water partition coefficient (Wildman–Crippen LogP) is 6.71. The summed E-state index contributed by atoms with van der Waals surface area (Å²) in [4.78, 5) is 0. The Kier molecular flexibility index (Phi) is 6.29. The number of hydrogen-bond acceptors (Lipinski definition) is 1. The van der Waals surface area contributed by atoms with Gasteiger partial charge in [-0.2, -0.15) is 4.39 Å². The van der Waals surface area contributed by atoms with Crippen molar-refractivity contribution < 1.29 is 13.5 Å². The zero-order chi connectivity index (χ0) is 18.5. The number of ether oxygens (including phenoxy) is 1. The van der Waals surface area contributed by atoms with E-state index in [9.17, 15) is 8.78 Å². The largest absolute Gasteiger partial charge is 0.486 e. The van der Waals surface area contributed by atoms with Crippen LogP contribution in [0.1, 0.15) is 50.5 Å². The van der Waals surface area contributed by atoms with E-state index in [4.69, 9.17) is 4.74 Å². The van der Waals surface area contributed by atoms with Crippen LogP contribution in [0.5, 0.6) is 5.75 Å². The van der Waals surface area contributed by atoms with Gasteiger partial charge in [0.15, 0.2) is 11.6 Å². The molecule has 2 aliphatic carbocycles. The molecule has 1 fully saturated rings. The van der Waals surface area contributed by atoms with Crippen molar-refractivity contribution in [3.63, 3.8) is 0 Å². The highest BCUT2D eigenvalue weighted by Gasteiger charge is 2.28. The molecule has 0 saturated heterocycles. The molecule has 1 aromatic rings. The van der Waals surface area contributed by atoms with E-state index in [2.05, 4.69) is 25.3 Å². The minimum absolute atomic E-state index is 0.0561. The van der Waals surface area contributed by atoms with E-state index >= 15 is 0 Å². The molecule has 3 heteroatoms. The van der Waals surface area contributed by atoms with E-state index in [1.807, 2.05) is 0 Å². The molecule has 0 radical (unpaired) electrons. The second kappa shape index (κ2) is 8.66. The summed E-state index contributed by atoms with van der Waals surface area (Å²) in [6, 6.07) is 3.15. The van der Waals surface area contributed by atoms with Gasteiger partial charge in [0, 0.05) is 5.56 Å². The minimum atomic E-state index is -0.907. The highest BCUT2D eigenvalue weighted by atomic mass is 19.2. The van der Waals surface area contributed by atoms with E-state index in [0.717, 1.165) is 30.8 Å². The van der Waals surface area contributed by atoms with Gasteiger partial charge in [0.05, 0.1) is 0 Å². The molecule has 1 nitrogen and oxygen atoms in total. The van der Waals surface area contributed by atoms with E-state index in [-0.39, 0.29) is 12.4 Å². The molecule has 1 saturated carbocycles. The van der Waals surface area contributed by atoms with Gasteiger partial charge in [-0.05, 0) is 80.4 Å². The maximum atomic E-state index is 14.5. The summed E-state index contributed by atoms with van der Waals surface area (Å²) in [7, 11) is 0. The van der Waals surface area contributed by atoms with Gasteiger partial charge >= 0.3 is 0 Å². The lowest BCUT2D eigenvalue weighted by atomic mass is 9.71. The van der Waals surface area contributed by atoms with Gasteiger partial charge in [0.25, 0.3) is 0 Å². The lowest BCUT2D eigenvalue weighted by Crippen LogP contribution is -2.22. The van der Waals surface area contributed by atoms with Gasteiger partial charge < -0.3 is 4.74 Å². The zero-order valence-electron chi connectivity index (χ0n) is 15.4. The molecular formula is C23H28F2O. The molecule has 3 rings (SSSR count). The molecule has 0 heterocycles. The van der Waals surface area contributed by atoms with E-state index in [1.165, 1.54) is 37.8 Å². The quantitative estimate of drug-likeness (QED) is 0.514. The Hall–Kier alpha value is -1.90. The zero-order valence-corrected chi connectivity index (χ0v) is 15.4. The Morgan fingerprint density at radius 1 is 1.00 bits per heavy atom. The van der Waals surface area contributed by atoms with Crippen molar-refractivity contribution in [2.75, 3.05) is 6.61 Å². The van der Waals surface area contributed by atoms with Crippen LogP contribution in [0.3, 0.4) is 0 Å². The second-order valence-corrected chi connectivity index (χ2v) is 7.51. The standard InChI is InChI=1S/C23H28F2O/c1-3-15-26-21-14-13-20(22(24)23(21)25)19-11-9-18(10-12-19)17-7-5-16(4-2)6-8-17/h3-4,11,13-14,16-18H,1-2,5-10,12,15H2. The Morgan fingerprint density at radius 2 is 1.77 bits per heavy atom. The summed E-state index contributed by atoms with van der Waals surface area (Å²) in [6.45, 7) is 7.59. The van der Waals surface area contributed by atoms with Crippen LogP contribution in [-0.2, 0) is 0 Å². The highest BCUT2D eigenvalue weighted by molar-refractivity contribution is 5.67. The average molecular weight is 358 g/mol. The lowest BCUT2D eigenvalue weighted by Gasteiger charge is -2.34. The van der Waals surface area contributed by atoms with Gasteiger partial charge in [0.2, 0.25) is 5.82 Å². The fraction of sp³-hybridized carbons (Fsp3) is 0.478. The van der Waals surface area contributed by atoms with Gasteiger partial charge in [-0.25, -0.2) is 4.39 Å². The average Bonchev–Trinajstić information content (AvgIpc) is 2.69. The van der Waals surface area contributed by atoms with Crippen molar-refractivity contribution in [3.8, 4) is 5.75 Å². The normalized spacial score (nSPS) is 26.1. The fourth-order valence-electron chi connectivity index (χ4n) is 4.42. The van der Waals surface area contributed by atoms with Crippen molar-refractivity contribution in [2.24, 2.45) is 17.8 Å². The van der Waals surface area contributed by atoms with Crippen LogP contribution in [0.15, 0.2) is 43.5 Å². The van der Waals surface area contributed by atoms with Crippen LogP contribution in [0, 0.1) is 29.4 Å². The van der Waals surface area contributed by atoms with Crippen LogP contribution in [0.25, 0.3) is 5.57 Å². The van der Waals surface area contributed by atoms with Crippen LogP contribution >= 0.6 is 0 Å². The molecule has 0 aliphatic heterocycles. The number of allylic oxidation sites excluding steroid dienone is 3. The van der Waals surface area contributed by atoms with Gasteiger partial charge in [-0.15, -0.1) is 6.58 Å². The Balaban J connectivity index is 1.66. The number of rotatable bonds is 6. The van der Waals surface area contributed by atoms with Crippen molar-refractivity contribution in [3.05, 3.63) is 60.7 Å². The molecule has 140 valence electrons. The lowest BCUT2D eigenvalue weighted by molar-refractivity contribution is 0.212. The minimum Gasteiger partial charge on any atom is -0.486 e. The summed E-state index contributed by atoms with van der Waals surface area (Å²) in [5.41, 5.74) is 1.30. The smallest absolute Gasteiger partial charge is 0.201 e. The highest BCUT2D eigenvalue weighted by Crippen LogP contribution is 2.42. The van der Waals surface area contributed by atoms with Crippen LogP contribution in [0.2, 0.25) is 0 Å². The topological polar surface area (TPSA) is 9.23 Å². The number of benzene rings is 1. The Labute approximate surface area is 155 Å². The molecule has 2 aliphatic rings. The first-order valence-corrected chi connectivity index (χ1v) is 9.67. The molecule has 0 aromatic heterocycles. The van der Waals surface area contributed by atoms with Gasteiger partial charge in [-0.1, -0.05) is 24.8 Å². The third-order valence-corrected chi connectivity index (χ3v) is 6.02. The first-order valence-electron chi connectivity index (χ1n) is 9.67. The molecule has 1 atom stereocenters. The summed E-state index contributed by atoms with van der Waals surface area (Å²) in [5, 5.41) is 0. The molecule has 0 spiro atoms. The van der Waals surface area contributed by atoms with E-state index in [0.29, 0.717) is 17.4 Å². The Morgan fingerprint density at radius 3 is 2.38 bits per heavy atom. The van der Waals surface area contributed by atoms with Crippen LogP contribution in [-0.4, -0.2) is 6.61 Å².